The van der Waals surface area contributed by atoms with E-state index in [1.165, 1.54) is 0 Å². The molecule has 4 nitrogen and oxygen atoms in total. The Hall–Kier alpha value is -3.14. The number of carbonyl (C=O) groups excluding carboxylic acids is 1. The van der Waals surface area contributed by atoms with Gasteiger partial charge >= 0.3 is 0 Å². The van der Waals surface area contributed by atoms with Gasteiger partial charge in [0, 0.05) is 18.9 Å². The maximum absolute atomic E-state index is 12.7. The molecule has 3 rings (SSSR count). The van der Waals surface area contributed by atoms with Crippen molar-refractivity contribution < 1.29 is 4.79 Å². The quantitative estimate of drug-likeness (QED) is 0.591. The number of pyridine rings is 1. The normalized spacial score (nSPS) is 10.6. The molecular formula is C23H25N3O. The van der Waals surface area contributed by atoms with Gasteiger partial charge in [-0.15, -0.1) is 0 Å². The highest BCUT2D eigenvalue weighted by atomic mass is 16.1. The molecule has 1 heterocycles. The zero-order valence-corrected chi connectivity index (χ0v) is 15.6. The molecule has 0 saturated heterocycles. The van der Waals surface area contributed by atoms with Gasteiger partial charge in [-0.25, -0.2) is 4.98 Å². The minimum absolute atomic E-state index is 0.0119. The molecule has 1 aromatic heterocycles. The Kier molecular flexibility index (Phi) is 6.58. The molecule has 4 heteroatoms. The molecule has 138 valence electrons. The second-order valence-electron chi connectivity index (χ2n) is 6.49. The molecule has 0 atom stereocenters. The van der Waals surface area contributed by atoms with E-state index in [2.05, 4.69) is 46.8 Å². The lowest BCUT2D eigenvalue weighted by Crippen LogP contribution is -2.17. The number of hydrogen-bond donors (Lipinski definition) is 2. The molecule has 0 radical (unpaired) electrons. The molecule has 0 aliphatic heterocycles. The van der Waals surface area contributed by atoms with Crippen LogP contribution < -0.4 is 10.6 Å². The van der Waals surface area contributed by atoms with Crippen molar-refractivity contribution in [3.05, 3.63) is 90.1 Å². The number of anilines is 2. The van der Waals surface area contributed by atoms with Gasteiger partial charge in [0.25, 0.3) is 0 Å². The Morgan fingerprint density at radius 1 is 0.926 bits per heavy atom. The van der Waals surface area contributed by atoms with E-state index in [0.29, 0.717) is 12.2 Å². The third-order valence-electron chi connectivity index (χ3n) is 4.40. The second-order valence-corrected chi connectivity index (χ2v) is 6.49. The van der Waals surface area contributed by atoms with E-state index in [0.717, 1.165) is 29.8 Å². The van der Waals surface area contributed by atoms with Crippen LogP contribution >= 0.6 is 0 Å². The second kappa shape index (κ2) is 9.53. The van der Waals surface area contributed by atoms with Crippen molar-refractivity contribution in [1.29, 1.82) is 0 Å². The van der Waals surface area contributed by atoms with Crippen molar-refractivity contribution in [2.75, 3.05) is 17.2 Å². The molecule has 2 N–H and O–H groups in total. The summed E-state index contributed by atoms with van der Waals surface area (Å²) in [5.74, 6) is 0.536. The molecular weight excluding hydrogens is 334 g/mol. The molecule has 3 aromatic rings. The monoisotopic (exact) mass is 359 g/mol. The maximum atomic E-state index is 12.7. The fourth-order valence-corrected chi connectivity index (χ4v) is 3.02. The molecule has 1 amide bonds. The fraction of sp³-hybridized carbons (Fsp3) is 0.217. The number of nitrogens with one attached hydrogen (secondary N) is 2. The van der Waals surface area contributed by atoms with Gasteiger partial charge in [0.2, 0.25) is 5.91 Å². The summed E-state index contributed by atoms with van der Waals surface area (Å²) >= 11 is 0. The number of benzene rings is 2. The molecule has 0 bridgehead atoms. The van der Waals surface area contributed by atoms with E-state index < -0.39 is 0 Å². The minimum Gasteiger partial charge on any atom is -0.384 e. The molecule has 0 spiro atoms. The third kappa shape index (κ3) is 5.42. The summed E-state index contributed by atoms with van der Waals surface area (Å²) in [5.41, 5.74) is 3.22. The lowest BCUT2D eigenvalue weighted by Gasteiger charge is -2.18. The summed E-state index contributed by atoms with van der Waals surface area (Å²) in [5, 5.41) is 6.19. The van der Waals surface area contributed by atoms with Crippen molar-refractivity contribution in [2.24, 2.45) is 0 Å². The number of carbonyl (C=O) groups is 1. The number of amides is 1. The summed E-state index contributed by atoms with van der Waals surface area (Å²) < 4.78 is 0. The molecule has 0 unspecified atom stereocenters. The highest BCUT2D eigenvalue weighted by molar-refractivity contribution is 5.90. The number of hydrogen-bond acceptors (Lipinski definition) is 3. The third-order valence-corrected chi connectivity index (χ3v) is 4.40. The summed E-state index contributed by atoms with van der Waals surface area (Å²) in [6, 6.07) is 24.0. The SMILES string of the molecule is CCCNc1ccc(NC(=O)CC(c2ccccc2)c2ccccc2)nc1. The Morgan fingerprint density at radius 2 is 1.56 bits per heavy atom. The Morgan fingerprint density at radius 3 is 2.07 bits per heavy atom. The van der Waals surface area contributed by atoms with Crippen molar-refractivity contribution in [3.8, 4) is 0 Å². The largest absolute Gasteiger partial charge is 0.384 e. The van der Waals surface area contributed by atoms with Crippen molar-refractivity contribution in [1.82, 2.24) is 4.98 Å². The van der Waals surface area contributed by atoms with Gasteiger partial charge in [0.15, 0.2) is 0 Å². The maximum Gasteiger partial charge on any atom is 0.226 e. The van der Waals surface area contributed by atoms with E-state index in [-0.39, 0.29) is 11.8 Å². The van der Waals surface area contributed by atoms with Crippen LogP contribution in [0.3, 0.4) is 0 Å². The van der Waals surface area contributed by atoms with Crippen LogP contribution in [0, 0.1) is 0 Å². The van der Waals surface area contributed by atoms with Crippen molar-refractivity contribution in [3.63, 3.8) is 0 Å². The topological polar surface area (TPSA) is 54.0 Å². The average molecular weight is 359 g/mol. The highest BCUT2D eigenvalue weighted by Gasteiger charge is 2.18. The summed E-state index contributed by atoms with van der Waals surface area (Å²) in [7, 11) is 0. The Labute approximate surface area is 160 Å². The van der Waals surface area contributed by atoms with Crippen molar-refractivity contribution in [2.45, 2.75) is 25.7 Å². The smallest absolute Gasteiger partial charge is 0.226 e. The standard InChI is InChI=1S/C23H25N3O/c1-2-15-24-20-13-14-22(25-17-20)26-23(27)16-21(18-9-5-3-6-10-18)19-11-7-4-8-12-19/h3-14,17,21,24H,2,15-16H2,1H3,(H,25,26,27). The fourth-order valence-electron chi connectivity index (χ4n) is 3.02. The summed E-state index contributed by atoms with van der Waals surface area (Å²) in [6.45, 7) is 3.02. The van der Waals surface area contributed by atoms with E-state index in [1.54, 1.807) is 6.20 Å². The van der Waals surface area contributed by atoms with Gasteiger partial charge < -0.3 is 10.6 Å². The van der Waals surface area contributed by atoms with Crippen LogP contribution in [0.4, 0.5) is 11.5 Å². The molecule has 2 aromatic carbocycles. The lowest BCUT2D eigenvalue weighted by molar-refractivity contribution is -0.116. The Bertz CT molecular complexity index is 793. The summed E-state index contributed by atoms with van der Waals surface area (Å²) in [4.78, 5) is 17.0. The Balaban J connectivity index is 1.69. The average Bonchev–Trinajstić information content (AvgIpc) is 2.73. The molecule has 27 heavy (non-hydrogen) atoms. The van der Waals surface area contributed by atoms with Crippen molar-refractivity contribution >= 4 is 17.4 Å². The zero-order valence-electron chi connectivity index (χ0n) is 15.6. The zero-order chi connectivity index (χ0) is 18.9. The molecule has 0 saturated carbocycles. The molecule has 0 fully saturated rings. The van der Waals surface area contributed by atoms with Gasteiger partial charge in [-0.2, -0.15) is 0 Å². The highest BCUT2D eigenvalue weighted by Crippen LogP contribution is 2.28. The number of nitrogens with zero attached hydrogens (tertiary/aromatic N) is 1. The van der Waals surface area contributed by atoms with Crippen LogP contribution in [0.1, 0.15) is 36.8 Å². The van der Waals surface area contributed by atoms with Crippen LogP contribution in [-0.2, 0) is 4.79 Å². The predicted molar refractivity (Wildman–Crippen MR) is 111 cm³/mol. The van der Waals surface area contributed by atoms with Crippen LogP contribution in [0.25, 0.3) is 0 Å². The number of rotatable bonds is 8. The first-order valence-corrected chi connectivity index (χ1v) is 9.36. The van der Waals surface area contributed by atoms with Crippen LogP contribution in [0.5, 0.6) is 0 Å². The van der Waals surface area contributed by atoms with Crippen LogP contribution in [0.2, 0.25) is 0 Å². The van der Waals surface area contributed by atoms with E-state index in [4.69, 9.17) is 0 Å². The summed E-state index contributed by atoms with van der Waals surface area (Å²) in [6.07, 6.45) is 3.17. The van der Waals surface area contributed by atoms with E-state index in [9.17, 15) is 4.79 Å². The van der Waals surface area contributed by atoms with Crippen LogP contribution in [-0.4, -0.2) is 17.4 Å². The predicted octanol–water partition coefficient (Wildman–Crippen LogP) is 5.06. The van der Waals surface area contributed by atoms with Gasteiger partial charge in [-0.3, -0.25) is 4.79 Å². The van der Waals surface area contributed by atoms with E-state index >= 15 is 0 Å². The lowest BCUT2D eigenvalue weighted by atomic mass is 9.88. The first-order chi connectivity index (χ1) is 13.3. The van der Waals surface area contributed by atoms with Gasteiger partial charge in [-0.1, -0.05) is 67.6 Å². The first kappa shape index (κ1) is 18.6. The van der Waals surface area contributed by atoms with Gasteiger partial charge in [0.05, 0.1) is 11.9 Å². The molecule has 0 aliphatic carbocycles. The van der Waals surface area contributed by atoms with Gasteiger partial charge in [0.1, 0.15) is 5.82 Å². The van der Waals surface area contributed by atoms with Gasteiger partial charge in [-0.05, 0) is 29.7 Å². The van der Waals surface area contributed by atoms with E-state index in [1.807, 2.05) is 48.5 Å². The van der Waals surface area contributed by atoms with Crippen LogP contribution in [0.15, 0.2) is 79.0 Å². The molecule has 0 aliphatic rings. The minimum atomic E-state index is -0.0468. The first-order valence-electron chi connectivity index (χ1n) is 9.36. The number of aromatic nitrogens is 1.